The highest BCUT2D eigenvalue weighted by Gasteiger charge is 2.49. The van der Waals surface area contributed by atoms with Crippen LogP contribution in [0.4, 0.5) is 0 Å². The largest absolute Gasteiger partial charge is 0.468 e. The quantitative estimate of drug-likeness (QED) is 0.306. The Kier molecular flexibility index (Phi) is 6.90. The smallest absolute Gasteiger partial charge is 0.319 e. The second kappa shape index (κ2) is 10.0. The van der Waals surface area contributed by atoms with E-state index >= 15 is 0 Å². The standard InChI is InChI=1S/C27H28N4O3/c1-20-4-3-5-23(14-20)25(32)27(26(33)34-2)10-12-30(13-11-27)18-24-16-29-19-31(24)17-22-8-6-21(15-28)7-9-22/h3-9,14,16,19H,10-13,17-18H2,1-2H3. The number of carbonyl (C=O) groups is 2. The number of ketones is 1. The first-order valence-corrected chi connectivity index (χ1v) is 11.4. The molecule has 0 bridgehead atoms. The van der Waals surface area contributed by atoms with Crippen LogP contribution in [-0.2, 0) is 22.6 Å². The van der Waals surface area contributed by atoms with Gasteiger partial charge in [-0.15, -0.1) is 0 Å². The molecule has 1 saturated heterocycles. The number of esters is 1. The molecule has 0 radical (unpaired) electrons. The molecule has 0 saturated carbocycles. The van der Waals surface area contributed by atoms with E-state index in [1.165, 1.54) is 7.11 Å². The van der Waals surface area contributed by atoms with Crippen molar-refractivity contribution in [1.29, 1.82) is 5.26 Å². The summed E-state index contributed by atoms with van der Waals surface area (Å²) >= 11 is 0. The number of ether oxygens (including phenoxy) is 1. The van der Waals surface area contributed by atoms with Crippen LogP contribution in [0.3, 0.4) is 0 Å². The minimum Gasteiger partial charge on any atom is -0.468 e. The molecule has 4 rings (SSSR count). The van der Waals surface area contributed by atoms with Gasteiger partial charge >= 0.3 is 5.97 Å². The van der Waals surface area contributed by atoms with Crippen molar-refractivity contribution in [2.75, 3.05) is 20.2 Å². The average Bonchev–Trinajstić information content (AvgIpc) is 3.30. The number of nitriles is 1. The first-order valence-electron chi connectivity index (χ1n) is 11.4. The van der Waals surface area contributed by atoms with Crippen LogP contribution in [0.1, 0.15) is 45.6 Å². The second-order valence-electron chi connectivity index (χ2n) is 8.87. The summed E-state index contributed by atoms with van der Waals surface area (Å²) in [4.78, 5) is 32.8. The van der Waals surface area contributed by atoms with Crippen LogP contribution >= 0.6 is 0 Å². The zero-order chi connectivity index (χ0) is 24.1. The molecule has 1 aromatic heterocycles. The van der Waals surface area contributed by atoms with Crippen molar-refractivity contribution in [3.8, 4) is 6.07 Å². The number of Topliss-reactive ketones (excluding diaryl/α,β-unsaturated/α-hetero) is 1. The predicted octanol–water partition coefficient (Wildman–Crippen LogP) is 3.75. The molecular formula is C27H28N4O3. The molecule has 174 valence electrons. The number of imidazole rings is 1. The number of hydrogen-bond acceptors (Lipinski definition) is 6. The molecule has 1 aliphatic heterocycles. The molecule has 0 unspecified atom stereocenters. The van der Waals surface area contributed by atoms with E-state index in [4.69, 9.17) is 10.00 Å². The van der Waals surface area contributed by atoms with E-state index in [2.05, 4.69) is 20.5 Å². The van der Waals surface area contributed by atoms with E-state index in [0.717, 1.165) is 16.8 Å². The lowest BCUT2D eigenvalue weighted by molar-refractivity contribution is -0.152. The third kappa shape index (κ3) is 4.78. The fraction of sp³-hybridized carbons (Fsp3) is 0.333. The van der Waals surface area contributed by atoms with Gasteiger partial charge in [-0.25, -0.2) is 4.98 Å². The first-order chi connectivity index (χ1) is 16.4. The van der Waals surface area contributed by atoms with Crippen LogP contribution in [0.25, 0.3) is 0 Å². The van der Waals surface area contributed by atoms with Crippen molar-refractivity contribution < 1.29 is 14.3 Å². The monoisotopic (exact) mass is 456 g/mol. The van der Waals surface area contributed by atoms with Crippen molar-refractivity contribution in [2.45, 2.75) is 32.9 Å². The van der Waals surface area contributed by atoms with Gasteiger partial charge < -0.3 is 9.30 Å². The fourth-order valence-corrected chi connectivity index (χ4v) is 4.61. The number of carbonyl (C=O) groups excluding carboxylic acids is 2. The Morgan fingerprint density at radius 1 is 1.12 bits per heavy atom. The summed E-state index contributed by atoms with van der Waals surface area (Å²) in [6.07, 6.45) is 4.48. The van der Waals surface area contributed by atoms with Gasteiger partial charge in [0.1, 0.15) is 5.41 Å². The van der Waals surface area contributed by atoms with Gasteiger partial charge in [0.2, 0.25) is 0 Å². The van der Waals surface area contributed by atoms with Gasteiger partial charge in [0, 0.05) is 37.9 Å². The van der Waals surface area contributed by atoms with E-state index in [0.29, 0.717) is 50.1 Å². The third-order valence-corrected chi connectivity index (χ3v) is 6.62. The van der Waals surface area contributed by atoms with Gasteiger partial charge in [0.15, 0.2) is 5.78 Å². The van der Waals surface area contributed by atoms with E-state index in [1.54, 1.807) is 12.4 Å². The number of benzene rings is 2. The fourth-order valence-electron chi connectivity index (χ4n) is 4.61. The summed E-state index contributed by atoms with van der Waals surface area (Å²) < 4.78 is 7.18. The van der Waals surface area contributed by atoms with Crippen LogP contribution in [-0.4, -0.2) is 46.4 Å². The molecule has 0 atom stereocenters. The van der Waals surface area contributed by atoms with Crippen LogP contribution in [0, 0.1) is 23.7 Å². The lowest BCUT2D eigenvalue weighted by Crippen LogP contribution is -2.49. The number of nitrogens with zero attached hydrogens (tertiary/aromatic N) is 4. The van der Waals surface area contributed by atoms with Gasteiger partial charge in [-0.05, 0) is 43.5 Å². The highest BCUT2D eigenvalue weighted by molar-refractivity contribution is 6.12. The number of piperidine rings is 1. The van der Waals surface area contributed by atoms with Crippen molar-refractivity contribution >= 4 is 11.8 Å². The van der Waals surface area contributed by atoms with E-state index < -0.39 is 11.4 Å². The molecule has 3 aromatic rings. The van der Waals surface area contributed by atoms with Gasteiger partial charge in [0.05, 0.1) is 30.8 Å². The second-order valence-corrected chi connectivity index (χ2v) is 8.87. The maximum absolute atomic E-state index is 13.4. The minimum absolute atomic E-state index is 0.159. The Balaban J connectivity index is 1.45. The van der Waals surface area contributed by atoms with Gasteiger partial charge in [-0.2, -0.15) is 5.26 Å². The molecule has 0 amide bonds. The minimum atomic E-state index is -1.15. The normalized spacial score (nSPS) is 15.4. The van der Waals surface area contributed by atoms with E-state index in [9.17, 15) is 9.59 Å². The van der Waals surface area contributed by atoms with Crippen molar-refractivity contribution in [3.05, 3.63) is 89.0 Å². The predicted molar refractivity (Wildman–Crippen MR) is 127 cm³/mol. The van der Waals surface area contributed by atoms with Gasteiger partial charge in [0.25, 0.3) is 0 Å². The molecule has 2 aromatic carbocycles. The van der Waals surface area contributed by atoms with Crippen LogP contribution in [0.5, 0.6) is 0 Å². The van der Waals surface area contributed by atoms with E-state index in [-0.39, 0.29) is 5.78 Å². The molecule has 1 aliphatic rings. The molecular weight excluding hydrogens is 428 g/mol. The maximum Gasteiger partial charge on any atom is 0.319 e. The Morgan fingerprint density at radius 3 is 2.50 bits per heavy atom. The van der Waals surface area contributed by atoms with Gasteiger partial charge in [-0.3, -0.25) is 14.5 Å². The number of aryl methyl sites for hydroxylation is 1. The Labute approximate surface area is 199 Å². The number of likely N-dealkylation sites (tertiary alicyclic amines) is 1. The zero-order valence-electron chi connectivity index (χ0n) is 19.5. The highest BCUT2D eigenvalue weighted by Crippen LogP contribution is 2.37. The zero-order valence-corrected chi connectivity index (χ0v) is 19.5. The Morgan fingerprint density at radius 2 is 1.85 bits per heavy atom. The third-order valence-electron chi connectivity index (χ3n) is 6.62. The summed E-state index contributed by atoms with van der Waals surface area (Å²) in [5, 5.41) is 8.99. The molecule has 0 spiro atoms. The van der Waals surface area contributed by atoms with E-state index in [1.807, 2.05) is 55.6 Å². The van der Waals surface area contributed by atoms with Gasteiger partial charge in [-0.1, -0.05) is 35.9 Å². The SMILES string of the molecule is COC(=O)C1(C(=O)c2cccc(C)c2)CCN(Cc2cncn2Cc2ccc(C#N)cc2)CC1. The number of methoxy groups -OCH3 is 1. The maximum atomic E-state index is 13.4. The lowest BCUT2D eigenvalue weighted by Gasteiger charge is -2.38. The topological polar surface area (TPSA) is 88.2 Å². The molecule has 34 heavy (non-hydrogen) atoms. The van der Waals surface area contributed by atoms with Crippen LogP contribution in [0.15, 0.2) is 61.1 Å². The highest BCUT2D eigenvalue weighted by atomic mass is 16.5. The van der Waals surface area contributed by atoms with Crippen molar-refractivity contribution in [3.63, 3.8) is 0 Å². The average molecular weight is 457 g/mol. The summed E-state index contributed by atoms with van der Waals surface area (Å²) in [7, 11) is 1.35. The molecule has 1 fully saturated rings. The summed E-state index contributed by atoms with van der Waals surface area (Å²) in [6.45, 7) is 4.48. The number of rotatable bonds is 7. The summed E-state index contributed by atoms with van der Waals surface area (Å²) in [5.74, 6) is -0.613. The Bertz CT molecular complexity index is 1220. The number of aromatic nitrogens is 2. The Hall–Kier alpha value is -3.76. The van der Waals surface area contributed by atoms with Crippen molar-refractivity contribution in [1.82, 2.24) is 14.5 Å². The van der Waals surface area contributed by atoms with Crippen LogP contribution in [0.2, 0.25) is 0 Å². The molecule has 7 heteroatoms. The molecule has 2 heterocycles. The lowest BCUT2D eigenvalue weighted by atomic mass is 9.72. The van der Waals surface area contributed by atoms with Crippen molar-refractivity contribution in [2.24, 2.45) is 5.41 Å². The molecule has 0 N–H and O–H groups in total. The van der Waals surface area contributed by atoms with Crippen LogP contribution < -0.4 is 0 Å². The summed E-state index contributed by atoms with van der Waals surface area (Å²) in [6, 6.07) is 17.0. The molecule has 7 nitrogen and oxygen atoms in total. The molecule has 0 aliphatic carbocycles. The first kappa shape index (κ1) is 23.4. The number of hydrogen-bond donors (Lipinski definition) is 0. The summed E-state index contributed by atoms with van der Waals surface area (Å²) in [5.41, 5.74) is 3.17.